The Morgan fingerprint density at radius 3 is 2.40 bits per heavy atom. The van der Waals surface area contributed by atoms with Crippen LogP contribution in [0, 0.1) is 0 Å². The highest BCUT2D eigenvalue weighted by atomic mass is 32.1. The first-order chi connectivity index (χ1) is 4.43. The van der Waals surface area contributed by atoms with Crippen LogP contribution >= 0.6 is 13.5 Å². The minimum absolute atomic E-state index is 0. The van der Waals surface area contributed by atoms with Gasteiger partial charge in [0.1, 0.15) is 0 Å². The molecule has 0 spiro atoms. The summed E-state index contributed by atoms with van der Waals surface area (Å²) in [7, 11) is 0. The van der Waals surface area contributed by atoms with Crippen molar-refractivity contribution < 1.29 is 4.74 Å². The molecule has 1 fully saturated rings. The van der Waals surface area contributed by atoms with Crippen molar-refractivity contribution in [2.45, 2.75) is 13.3 Å². The van der Waals surface area contributed by atoms with Crippen LogP contribution in [0.5, 0.6) is 0 Å². The smallest absolute Gasteiger partial charge is 0.0594 e. The van der Waals surface area contributed by atoms with E-state index in [2.05, 4.69) is 11.8 Å². The van der Waals surface area contributed by atoms with Crippen molar-refractivity contribution in [1.29, 1.82) is 0 Å². The Morgan fingerprint density at radius 2 is 1.90 bits per heavy atom. The van der Waals surface area contributed by atoms with Crippen LogP contribution in [-0.4, -0.2) is 37.7 Å². The molecule has 0 radical (unpaired) electrons. The molecule has 0 bridgehead atoms. The number of hydrogen-bond acceptors (Lipinski definition) is 2. The average molecular weight is 163 g/mol. The van der Waals surface area contributed by atoms with Gasteiger partial charge in [-0.05, 0) is 13.0 Å². The molecule has 3 heteroatoms. The first kappa shape index (κ1) is 10.3. The van der Waals surface area contributed by atoms with Crippen molar-refractivity contribution in [3.63, 3.8) is 0 Å². The Hall–Kier alpha value is 0.270. The fourth-order valence-corrected chi connectivity index (χ4v) is 1.14. The lowest BCUT2D eigenvalue weighted by Crippen LogP contribution is -2.36. The van der Waals surface area contributed by atoms with Gasteiger partial charge in [0.2, 0.25) is 0 Å². The van der Waals surface area contributed by atoms with Crippen LogP contribution in [0.15, 0.2) is 0 Å². The first-order valence-corrected chi connectivity index (χ1v) is 3.73. The monoisotopic (exact) mass is 163 g/mol. The van der Waals surface area contributed by atoms with Crippen molar-refractivity contribution >= 4 is 13.5 Å². The van der Waals surface area contributed by atoms with Gasteiger partial charge in [0.05, 0.1) is 13.2 Å². The number of nitrogens with zero attached hydrogens (tertiary/aromatic N) is 1. The van der Waals surface area contributed by atoms with E-state index < -0.39 is 0 Å². The SMILES string of the molecule is CCCN1CCOCC1.S. The third-order valence-corrected chi connectivity index (χ3v) is 1.64. The molecule has 0 N–H and O–H groups in total. The van der Waals surface area contributed by atoms with Gasteiger partial charge in [0.25, 0.3) is 0 Å². The van der Waals surface area contributed by atoms with Crippen LogP contribution in [0.25, 0.3) is 0 Å². The molecule has 1 aliphatic heterocycles. The summed E-state index contributed by atoms with van der Waals surface area (Å²) in [6, 6.07) is 0. The van der Waals surface area contributed by atoms with Gasteiger partial charge in [-0.2, -0.15) is 13.5 Å². The van der Waals surface area contributed by atoms with Gasteiger partial charge in [-0.25, -0.2) is 0 Å². The van der Waals surface area contributed by atoms with Gasteiger partial charge in [0.15, 0.2) is 0 Å². The van der Waals surface area contributed by atoms with Crippen LogP contribution < -0.4 is 0 Å². The molecule has 0 aliphatic carbocycles. The van der Waals surface area contributed by atoms with Crippen LogP contribution in [0.2, 0.25) is 0 Å². The fraction of sp³-hybridized carbons (Fsp3) is 1.00. The molecule has 0 unspecified atom stereocenters. The topological polar surface area (TPSA) is 12.5 Å². The standard InChI is InChI=1S/C7H15NO.H2S/c1-2-3-8-4-6-9-7-5-8;/h2-7H2,1H3;1H2. The minimum atomic E-state index is 0. The zero-order valence-corrected chi connectivity index (χ0v) is 7.60. The van der Waals surface area contributed by atoms with Gasteiger partial charge in [0, 0.05) is 13.1 Å². The second-order valence-corrected chi connectivity index (χ2v) is 2.45. The van der Waals surface area contributed by atoms with E-state index in [0.29, 0.717) is 0 Å². The summed E-state index contributed by atoms with van der Waals surface area (Å²) >= 11 is 0. The molecule has 1 rings (SSSR count). The van der Waals surface area contributed by atoms with Gasteiger partial charge in [-0.15, -0.1) is 0 Å². The number of ether oxygens (including phenoxy) is 1. The van der Waals surface area contributed by atoms with Crippen molar-refractivity contribution in [3.8, 4) is 0 Å². The molecule has 0 atom stereocenters. The van der Waals surface area contributed by atoms with Gasteiger partial charge >= 0.3 is 0 Å². The number of hydrogen-bond donors (Lipinski definition) is 0. The summed E-state index contributed by atoms with van der Waals surface area (Å²) < 4.78 is 5.20. The Bertz CT molecular complexity index is 71.3. The predicted molar refractivity (Wildman–Crippen MR) is 47.9 cm³/mol. The summed E-state index contributed by atoms with van der Waals surface area (Å²) in [5.74, 6) is 0. The van der Waals surface area contributed by atoms with E-state index >= 15 is 0 Å². The lowest BCUT2D eigenvalue weighted by Gasteiger charge is -2.25. The molecule has 1 saturated heterocycles. The maximum absolute atomic E-state index is 5.20. The molecule has 0 amide bonds. The third-order valence-electron chi connectivity index (χ3n) is 1.64. The summed E-state index contributed by atoms with van der Waals surface area (Å²) in [6.07, 6.45) is 1.26. The van der Waals surface area contributed by atoms with E-state index in [1.165, 1.54) is 13.0 Å². The quantitative estimate of drug-likeness (QED) is 0.598. The van der Waals surface area contributed by atoms with E-state index in [9.17, 15) is 0 Å². The van der Waals surface area contributed by atoms with Crippen molar-refractivity contribution in [2.24, 2.45) is 0 Å². The highest BCUT2D eigenvalue weighted by Crippen LogP contribution is 1.96. The Labute approximate surface area is 70.0 Å². The lowest BCUT2D eigenvalue weighted by molar-refractivity contribution is 0.0380. The molecule has 1 aliphatic rings. The van der Waals surface area contributed by atoms with Gasteiger partial charge in [-0.3, -0.25) is 4.90 Å². The lowest BCUT2D eigenvalue weighted by atomic mass is 10.4. The molecule has 2 nitrogen and oxygen atoms in total. The van der Waals surface area contributed by atoms with Crippen LogP contribution in [0.1, 0.15) is 13.3 Å². The minimum Gasteiger partial charge on any atom is -0.379 e. The number of rotatable bonds is 2. The Morgan fingerprint density at radius 1 is 1.30 bits per heavy atom. The van der Waals surface area contributed by atoms with Crippen LogP contribution in [0.3, 0.4) is 0 Å². The van der Waals surface area contributed by atoms with E-state index in [1.54, 1.807) is 0 Å². The fourth-order valence-electron chi connectivity index (χ4n) is 1.14. The zero-order valence-electron chi connectivity index (χ0n) is 6.60. The molecular formula is C7H17NOS. The Balaban J connectivity index is 0.000000810. The summed E-state index contributed by atoms with van der Waals surface area (Å²) in [6.45, 7) is 7.58. The molecule has 0 aromatic rings. The predicted octanol–water partition coefficient (Wildman–Crippen LogP) is 0.841. The van der Waals surface area contributed by atoms with E-state index in [0.717, 1.165) is 26.3 Å². The maximum atomic E-state index is 5.20. The maximum Gasteiger partial charge on any atom is 0.0594 e. The van der Waals surface area contributed by atoms with Gasteiger partial charge < -0.3 is 4.74 Å². The van der Waals surface area contributed by atoms with Gasteiger partial charge in [-0.1, -0.05) is 6.92 Å². The highest BCUT2D eigenvalue weighted by molar-refractivity contribution is 7.59. The second-order valence-electron chi connectivity index (χ2n) is 2.45. The highest BCUT2D eigenvalue weighted by Gasteiger charge is 2.07. The normalized spacial score (nSPS) is 20.1. The Kier molecular flexibility index (Phi) is 6.17. The largest absolute Gasteiger partial charge is 0.379 e. The molecule has 62 valence electrons. The summed E-state index contributed by atoms with van der Waals surface area (Å²) in [5, 5.41) is 0. The second kappa shape index (κ2) is 6.01. The number of morpholine rings is 1. The molecule has 1 heterocycles. The first-order valence-electron chi connectivity index (χ1n) is 3.73. The van der Waals surface area contributed by atoms with E-state index in [-0.39, 0.29) is 13.5 Å². The molecule has 0 saturated carbocycles. The van der Waals surface area contributed by atoms with Crippen LogP contribution in [-0.2, 0) is 4.74 Å². The summed E-state index contributed by atoms with van der Waals surface area (Å²) in [4.78, 5) is 2.45. The van der Waals surface area contributed by atoms with Crippen LogP contribution in [0.4, 0.5) is 0 Å². The zero-order chi connectivity index (χ0) is 6.53. The third kappa shape index (κ3) is 3.44. The molecule has 0 aromatic carbocycles. The molecular weight excluding hydrogens is 146 g/mol. The van der Waals surface area contributed by atoms with E-state index in [4.69, 9.17) is 4.74 Å². The van der Waals surface area contributed by atoms with E-state index in [1.807, 2.05) is 0 Å². The summed E-state index contributed by atoms with van der Waals surface area (Å²) in [5.41, 5.74) is 0. The van der Waals surface area contributed by atoms with Crippen molar-refractivity contribution in [2.75, 3.05) is 32.8 Å². The average Bonchev–Trinajstić information content (AvgIpc) is 1.91. The molecule has 10 heavy (non-hydrogen) atoms. The van der Waals surface area contributed by atoms with Crippen molar-refractivity contribution in [3.05, 3.63) is 0 Å². The van der Waals surface area contributed by atoms with Crippen molar-refractivity contribution in [1.82, 2.24) is 4.90 Å². The molecule has 0 aromatic heterocycles.